The predicted molar refractivity (Wildman–Crippen MR) is 96.2 cm³/mol. The average molecular weight is 338 g/mol. The van der Waals surface area contributed by atoms with Gasteiger partial charge in [-0.1, -0.05) is 42.0 Å². The molecular weight excluding hydrogens is 320 g/mol. The number of rotatable bonds is 6. The molecule has 2 rings (SSSR count). The summed E-state index contributed by atoms with van der Waals surface area (Å²) in [5.74, 6) is 3.26. The molecule has 0 heterocycles. The zero-order valence-corrected chi connectivity index (χ0v) is 13.6. The maximum atomic E-state index is 12.6. The van der Waals surface area contributed by atoms with Gasteiger partial charge in [-0.3, -0.25) is 4.79 Å². The fourth-order valence-electron chi connectivity index (χ4n) is 2.30. The quantitative estimate of drug-likeness (QED) is 0.158. The number of carbonyl (C=O) groups is 2. The molecule has 7 nitrogen and oxygen atoms in total. The minimum Gasteiger partial charge on any atom is -0.478 e. The molecule has 0 unspecified atom stereocenters. The Morgan fingerprint density at radius 1 is 1.12 bits per heavy atom. The van der Waals surface area contributed by atoms with Crippen LogP contribution in [0.4, 0.5) is 5.69 Å². The van der Waals surface area contributed by atoms with Gasteiger partial charge in [0.15, 0.2) is 0 Å². The molecule has 0 saturated carbocycles. The number of hydrogen-bond donors (Lipinski definition) is 4. The molecule has 0 fully saturated rings. The Morgan fingerprint density at radius 2 is 1.80 bits per heavy atom. The fraction of sp³-hybridized carbons (Fsp3) is 0.0556. The van der Waals surface area contributed by atoms with E-state index in [2.05, 4.69) is 10.4 Å². The average Bonchev–Trinajstić information content (AvgIpc) is 2.59. The van der Waals surface area contributed by atoms with Crippen molar-refractivity contribution in [2.75, 3.05) is 0 Å². The van der Waals surface area contributed by atoms with Crippen LogP contribution in [0.5, 0.6) is 0 Å². The molecule has 0 aromatic heterocycles. The zero-order chi connectivity index (χ0) is 18.4. The van der Waals surface area contributed by atoms with E-state index in [-0.39, 0.29) is 16.8 Å². The number of carboxylic acid groups (broad SMARTS) is 1. The Hall–Kier alpha value is -3.45. The van der Waals surface area contributed by atoms with Gasteiger partial charge in [0.05, 0.1) is 17.0 Å². The number of allylic oxidation sites excluding steroid dienone is 1. The van der Waals surface area contributed by atoms with Crippen molar-refractivity contribution in [1.29, 1.82) is 0 Å². The molecule has 0 aliphatic carbocycles. The minimum atomic E-state index is -1.27. The van der Waals surface area contributed by atoms with Crippen LogP contribution in [0.3, 0.4) is 0 Å². The van der Waals surface area contributed by atoms with E-state index in [0.29, 0.717) is 11.3 Å². The summed E-state index contributed by atoms with van der Waals surface area (Å²) in [4.78, 5) is 28.3. The van der Waals surface area contributed by atoms with Crippen LogP contribution in [0.2, 0.25) is 0 Å². The van der Waals surface area contributed by atoms with Crippen molar-refractivity contribution >= 4 is 29.4 Å². The molecular formula is C18H18N4O3. The number of aryl methyl sites for hydroxylation is 1. The highest BCUT2D eigenvalue weighted by atomic mass is 16.4. The second kappa shape index (κ2) is 7.89. The first-order valence-electron chi connectivity index (χ1n) is 7.37. The van der Waals surface area contributed by atoms with Gasteiger partial charge in [-0.25, -0.2) is 15.6 Å². The Kier molecular flexibility index (Phi) is 5.65. The van der Waals surface area contributed by atoms with E-state index in [1.807, 2.05) is 13.0 Å². The van der Waals surface area contributed by atoms with Crippen molar-refractivity contribution in [2.24, 2.45) is 16.6 Å². The first-order valence-corrected chi connectivity index (χ1v) is 7.37. The number of Topliss-reactive ketones (excluding diaryl/α,β-unsaturated/α-hetero) is 1. The summed E-state index contributed by atoms with van der Waals surface area (Å²) in [5, 5.41) is 9.52. The smallest absolute Gasteiger partial charge is 0.338 e. The highest BCUT2D eigenvalue weighted by molar-refractivity contribution is 6.25. The topological polar surface area (TPSA) is 131 Å². The van der Waals surface area contributed by atoms with Gasteiger partial charge in [-0.15, -0.1) is 0 Å². The summed E-state index contributed by atoms with van der Waals surface area (Å²) in [6.07, 6.45) is 1.26. The van der Waals surface area contributed by atoms with Crippen molar-refractivity contribution in [2.45, 2.75) is 6.92 Å². The summed E-state index contributed by atoms with van der Waals surface area (Å²) in [5.41, 5.74) is 9.54. The van der Waals surface area contributed by atoms with Crippen molar-refractivity contribution in [3.8, 4) is 0 Å². The summed E-state index contributed by atoms with van der Waals surface area (Å²) in [6.45, 7) is 1.83. The number of aliphatic imine (C=N–C) groups is 1. The van der Waals surface area contributed by atoms with Gasteiger partial charge in [0.2, 0.25) is 5.78 Å². The van der Waals surface area contributed by atoms with E-state index < -0.39 is 11.8 Å². The number of nitrogens with two attached hydrogens (primary N) is 2. The van der Waals surface area contributed by atoms with E-state index in [1.54, 1.807) is 36.4 Å². The molecule has 6 N–H and O–H groups in total. The third-order valence-electron chi connectivity index (χ3n) is 3.43. The summed E-state index contributed by atoms with van der Waals surface area (Å²) >= 11 is 0. The van der Waals surface area contributed by atoms with Crippen LogP contribution in [0, 0.1) is 6.92 Å². The number of nitrogens with zero attached hydrogens (tertiary/aromatic N) is 1. The molecule has 0 spiro atoms. The third kappa shape index (κ3) is 4.30. The predicted octanol–water partition coefficient (Wildman–Crippen LogP) is 1.76. The monoisotopic (exact) mass is 338 g/mol. The summed E-state index contributed by atoms with van der Waals surface area (Å²) in [7, 11) is 0. The van der Waals surface area contributed by atoms with Crippen LogP contribution in [0.1, 0.15) is 21.5 Å². The number of hydrazine groups is 1. The Labute approximate surface area is 144 Å². The van der Waals surface area contributed by atoms with E-state index in [1.165, 1.54) is 12.4 Å². The lowest BCUT2D eigenvalue weighted by molar-refractivity contribution is -0.130. The molecule has 2 aromatic rings. The van der Waals surface area contributed by atoms with E-state index in [9.17, 15) is 14.7 Å². The van der Waals surface area contributed by atoms with Crippen LogP contribution in [0.15, 0.2) is 59.2 Å². The summed E-state index contributed by atoms with van der Waals surface area (Å²) in [6, 6.07) is 13.1. The number of carbonyl (C=O) groups excluding carboxylic acids is 1. The SMILES string of the molecule is Cc1cccc(C(C(=O)O)=C(N)C(=O)c2cccc(N=CNN)c2)c1. The van der Waals surface area contributed by atoms with Gasteiger partial charge >= 0.3 is 5.97 Å². The summed E-state index contributed by atoms with van der Waals surface area (Å²) < 4.78 is 0. The second-order valence-corrected chi connectivity index (χ2v) is 5.27. The van der Waals surface area contributed by atoms with Gasteiger partial charge < -0.3 is 16.3 Å². The van der Waals surface area contributed by atoms with E-state index in [4.69, 9.17) is 11.6 Å². The molecule has 0 atom stereocenters. The Balaban J connectivity index is 2.49. The number of aliphatic carboxylic acids is 1. The van der Waals surface area contributed by atoms with Crippen molar-refractivity contribution < 1.29 is 14.7 Å². The van der Waals surface area contributed by atoms with Crippen molar-refractivity contribution in [3.63, 3.8) is 0 Å². The molecule has 0 amide bonds. The van der Waals surface area contributed by atoms with Gasteiger partial charge in [0.25, 0.3) is 0 Å². The molecule has 0 aliphatic heterocycles. The molecule has 128 valence electrons. The number of hydrogen-bond acceptors (Lipinski definition) is 5. The Morgan fingerprint density at radius 3 is 2.44 bits per heavy atom. The number of ketones is 1. The molecule has 25 heavy (non-hydrogen) atoms. The molecule has 0 aliphatic rings. The second-order valence-electron chi connectivity index (χ2n) is 5.27. The first-order chi connectivity index (χ1) is 11.9. The lowest BCUT2D eigenvalue weighted by Crippen LogP contribution is -2.19. The van der Waals surface area contributed by atoms with Gasteiger partial charge in [-0.2, -0.15) is 0 Å². The normalized spacial score (nSPS) is 11.9. The van der Waals surface area contributed by atoms with Crippen molar-refractivity contribution in [3.05, 3.63) is 70.9 Å². The zero-order valence-electron chi connectivity index (χ0n) is 13.6. The van der Waals surface area contributed by atoms with Gasteiger partial charge in [0, 0.05) is 5.56 Å². The maximum Gasteiger partial charge on any atom is 0.338 e. The van der Waals surface area contributed by atoms with Gasteiger partial charge in [0.1, 0.15) is 6.34 Å². The molecule has 7 heteroatoms. The molecule has 0 saturated heterocycles. The van der Waals surface area contributed by atoms with Crippen LogP contribution in [0.25, 0.3) is 5.57 Å². The lowest BCUT2D eigenvalue weighted by atomic mass is 9.97. The fourth-order valence-corrected chi connectivity index (χ4v) is 2.30. The minimum absolute atomic E-state index is 0.230. The number of carboxylic acids is 1. The largest absolute Gasteiger partial charge is 0.478 e. The van der Waals surface area contributed by atoms with Crippen molar-refractivity contribution in [1.82, 2.24) is 5.43 Å². The molecule has 0 bridgehead atoms. The highest BCUT2D eigenvalue weighted by Gasteiger charge is 2.21. The third-order valence-corrected chi connectivity index (χ3v) is 3.43. The van der Waals surface area contributed by atoms with Crippen LogP contribution in [-0.4, -0.2) is 23.2 Å². The van der Waals surface area contributed by atoms with Crippen LogP contribution < -0.4 is 17.0 Å². The first kappa shape index (κ1) is 17.9. The highest BCUT2D eigenvalue weighted by Crippen LogP contribution is 2.22. The maximum absolute atomic E-state index is 12.6. The Bertz CT molecular complexity index is 872. The lowest BCUT2D eigenvalue weighted by Gasteiger charge is -2.09. The number of nitrogens with one attached hydrogen (secondary N) is 1. The van der Waals surface area contributed by atoms with E-state index in [0.717, 1.165) is 5.56 Å². The van der Waals surface area contributed by atoms with Crippen LogP contribution >= 0.6 is 0 Å². The van der Waals surface area contributed by atoms with E-state index >= 15 is 0 Å². The molecule has 2 aromatic carbocycles. The molecule has 0 radical (unpaired) electrons. The van der Waals surface area contributed by atoms with Gasteiger partial charge in [-0.05, 0) is 24.6 Å². The standard InChI is InChI=1S/C18H18N4O3/c1-11-4-2-5-12(8-11)15(18(24)25)16(19)17(23)13-6-3-7-14(9-13)21-10-22-20/h2-10H,19-20H2,1H3,(H,21,22)(H,24,25). The number of benzene rings is 2. The van der Waals surface area contributed by atoms with Crippen LogP contribution in [-0.2, 0) is 4.79 Å².